The summed E-state index contributed by atoms with van der Waals surface area (Å²) in [5.41, 5.74) is 5.90. The highest BCUT2D eigenvalue weighted by Crippen LogP contribution is 2.25. The molecule has 1 heterocycles. The highest BCUT2D eigenvalue weighted by molar-refractivity contribution is 9.10. The molecule has 0 bridgehead atoms. The van der Waals surface area contributed by atoms with Gasteiger partial charge in [0.1, 0.15) is 5.82 Å². The maximum Gasteiger partial charge on any atom is 0.255 e. The van der Waals surface area contributed by atoms with E-state index in [1.807, 2.05) is 0 Å². The lowest BCUT2D eigenvalue weighted by atomic mass is 10.1. The average molecular weight is 287 g/mol. The summed E-state index contributed by atoms with van der Waals surface area (Å²) in [5, 5.41) is 0. The highest BCUT2D eigenvalue weighted by Gasteiger charge is 2.22. The summed E-state index contributed by atoms with van der Waals surface area (Å²) in [5.74, 6) is -0.596. The zero-order chi connectivity index (χ0) is 11.7. The molecule has 0 aliphatic carbocycles. The molecule has 0 unspecified atom stereocenters. The van der Waals surface area contributed by atoms with E-state index in [9.17, 15) is 9.18 Å². The summed E-state index contributed by atoms with van der Waals surface area (Å²) in [6, 6.07) is 2.62. The molecule has 16 heavy (non-hydrogen) atoms. The van der Waals surface area contributed by atoms with Crippen LogP contribution in [0.25, 0.3) is 0 Å². The predicted octanol–water partition coefficient (Wildman–Crippen LogP) is 2.41. The third-order valence-corrected chi connectivity index (χ3v) is 3.37. The van der Waals surface area contributed by atoms with Gasteiger partial charge in [0, 0.05) is 17.6 Å². The Hall–Kier alpha value is -1.10. The van der Waals surface area contributed by atoms with Crippen molar-refractivity contribution in [3.8, 4) is 0 Å². The van der Waals surface area contributed by atoms with Gasteiger partial charge in [-0.3, -0.25) is 4.79 Å². The molecular weight excluding hydrogens is 275 g/mol. The van der Waals surface area contributed by atoms with Gasteiger partial charge >= 0.3 is 0 Å². The first-order chi connectivity index (χ1) is 7.59. The summed E-state index contributed by atoms with van der Waals surface area (Å²) < 4.78 is 13.6. The van der Waals surface area contributed by atoms with Crippen LogP contribution in [0.4, 0.5) is 10.1 Å². The van der Waals surface area contributed by atoms with Gasteiger partial charge in [0.05, 0.1) is 11.3 Å². The Labute approximate surface area is 102 Å². The third-order valence-electron chi connectivity index (χ3n) is 2.71. The fourth-order valence-electron chi connectivity index (χ4n) is 1.82. The number of nitrogens with zero attached hydrogens (tertiary/aromatic N) is 1. The maximum absolute atomic E-state index is 13.1. The van der Waals surface area contributed by atoms with Crippen LogP contribution in [0.5, 0.6) is 0 Å². The second-order valence-electron chi connectivity index (χ2n) is 3.85. The van der Waals surface area contributed by atoms with Crippen LogP contribution >= 0.6 is 15.9 Å². The van der Waals surface area contributed by atoms with Crippen LogP contribution in [0.1, 0.15) is 23.2 Å². The number of nitrogen functional groups attached to an aromatic ring is 1. The van der Waals surface area contributed by atoms with E-state index in [2.05, 4.69) is 15.9 Å². The molecule has 1 aromatic rings. The first kappa shape index (κ1) is 11.4. The summed E-state index contributed by atoms with van der Waals surface area (Å²) >= 11 is 3.19. The summed E-state index contributed by atoms with van der Waals surface area (Å²) in [4.78, 5) is 13.8. The zero-order valence-corrected chi connectivity index (χ0v) is 10.3. The minimum Gasteiger partial charge on any atom is -0.396 e. The van der Waals surface area contributed by atoms with Gasteiger partial charge in [-0.2, -0.15) is 0 Å². The number of benzene rings is 1. The summed E-state index contributed by atoms with van der Waals surface area (Å²) in [7, 11) is 0. The van der Waals surface area contributed by atoms with Crippen molar-refractivity contribution in [1.82, 2.24) is 4.90 Å². The van der Waals surface area contributed by atoms with E-state index in [1.165, 1.54) is 12.1 Å². The van der Waals surface area contributed by atoms with E-state index in [0.717, 1.165) is 25.9 Å². The van der Waals surface area contributed by atoms with E-state index in [4.69, 9.17) is 5.73 Å². The zero-order valence-electron chi connectivity index (χ0n) is 8.67. The second-order valence-corrected chi connectivity index (χ2v) is 4.71. The molecule has 2 rings (SSSR count). The van der Waals surface area contributed by atoms with Gasteiger partial charge in [-0.25, -0.2) is 4.39 Å². The number of hydrogen-bond acceptors (Lipinski definition) is 2. The largest absolute Gasteiger partial charge is 0.396 e. The second kappa shape index (κ2) is 4.41. The molecule has 1 aliphatic rings. The van der Waals surface area contributed by atoms with Crippen LogP contribution in [-0.4, -0.2) is 23.9 Å². The first-order valence-electron chi connectivity index (χ1n) is 5.13. The molecule has 86 valence electrons. The first-order valence-corrected chi connectivity index (χ1v) is 5.92. The number of rotatable bonds is 1. The molecule has 0 radical (unpaired) electrons. The van der Waals surface area contributed by atoms with Crippen molar-refractivity contribution in [3.63, 3.8) is 0 Å². The number of hydrogen-bond donors (Lipinski definition) is 1. The average Bonchev–Trinajstić information content (AvgIpc) is 2.75. The lowest BCUT2D eigenvalue weighted by Gasteiger charge is -2.16. The van der Waals surface area contributed by atoms with Crippen molar-refractivity contribution < 1.29 is 9.18 Å². The van der Waals surface area contributed by atoms with E-state index < -0.39 is 5.82 Å². The molecule has 1 saturated heterocycles. The maximum atomic E-state index is 13.1. The van der Waals surface area contributed by atoms with Gasteiger partial charge in [0.25, 0.3) is 5.91 Å². The fourth-order valence-corrected chi connectivity index (χ4v) is 2.31. The predicted molar refractivity (Wildman–Crippen MR) is 63.6 cm³/mol. The quantitative estimate of drug-likeness (QED) is 0.806. The SMILES string of the molecule is Nc1cc(C(=O)N2CCCC2)c(Br)cc1F. The molecule has 0 saturated carbocycles. The van der Waals surface area contributed by atoms with E-state index in [1.54, 1.807) is 4.90 Å². The van der Waals surface area contributed by atoms with Crippen molar-refractivity contribution in [3.05, 3.63) is 28.0 Å². The molecule has 2 N–H and O–H groups in total. The van der Waals surface area contributed by atoms with Crippen molar-refractivity contribution in [2.45, 2.75) is 12.8 Å². The van der Waals surface area contributed by atoms with Crippen LogP contribution < -0.4 is 5.73 Å². The number of anilines is 1. The van der Waals surface area contributed by atoms with Gasteiger partial charge in [0.2, 0.25) is 0 Å². The molecule has 1 fully saturated rings. The molecule has 0 spiro atoms. The van der Waals surface area contributed by atoms with Crippen molar-refractivity contribution in [1.29, 1.82) is 0 Å². The smallest absolute Gasteiger partial charge is 0.255 e. The Morgan fingerprint density at radius 3 is 2.62 bits per heavy atom. The van der Waals surface area contributed by atoms with Gasteiger partial charge in [0.15, 0.2) is 0 Å². The monoisotopic (exact) mass is 286 g/mol. The highest BCUT2D eigenvalue weighted by atomic mass is 79.9. The van der Waals surface area contributed by atoms with Gasteiger partial charge < -0.3 is 10.6 Å². The minimum absolute atomic E-state index is 0.00532. The van der Waals surface area contributed by atoms with Crippen molar-refractivity contribution >= 4 is 27.5 Å². The molecule has 5 heteroatoms. The molecule has 0 aromatic heterocycles. The topological polar surface area (TPSA) is 46.3 Å². The minimum atomic E-state index is -0.509. The van der Waals surface area contributed by atoms with Crippen LogP contribution in [0.15, 0.2) is 16.6 Å². The Balaban J connectivity index is 2.32. The Kier molecular flexibility index (Phi) is 3.14. The Morgan fingerprint density at radius 1 is 1.38 bits per heavy atom. The Morgan fingerprint density at radius 2 is 2.00 bits per heavy atom. The molecule has 1 aliphatic heterocycles. The summed E-state index contributed by atoms with van der Waals surface area (Å²) in [6.45, 7) is 1.53. The summed E-state index contributed by atoms with van der Waals surface area (Å²) in [6.07, 6.45) is 2.06. The van der Waals surface area contributed by atoms with E-state index in [0.29, 0.717) is 10.0 Å². The number of nitrogens with two attached hydrogens (primary N) is 1. The normalized spacial score (nSPS) is 15.5. The van der Waals surface area contributed by atoms with Crippen LogP contribution in [0.3, 0.4) is 0 Å². The molecule has 3 nitrogen and oxygen atoms in total. The number of halogens is 2. The number of likely N-dealkylation sites (tertiary alicyclic amines) is 1. The van der Waals surface area contributed by atoms with Gasteiger partial charge in [-0.15, -0.1) is 0 Å². The van der Waals surface area contributed by atoms with Crippen LogP contribution in [0, 0.1) is 5.82 Å². The van der Waals surface area contributed by atoms with E-state index in [-0.39, 0.29) is 11.6 Å². The van der Waals surface area contributed by atoms with Crippen LogP contribution in [-0.2, 0) is 0 Å². The van der Waals surface area contributed by atoms with Crippen LogP contribution in [0.2, 0.25) is 0 Å². The fraction of sp³-hybridized carbons (Fsp3) is 0.364. The van der Waals surface area contributed by atoms with Crippen molar-refractivity contribution in [2.24, 2.45) is 0 Å². The number of carbonyl (C=O) groups is 1. The lowest BCUT2D eigenvalue weighted by Crippen LogP contribution is -2.28. The number of carbonyl (C=O) groups excluding carboxylic acids is 1. The standard InChI is InChI=1S/C11H12BrFN2O/c12-8-6-9(13)10(14)5-7(8)11(16)15-3-1-2-4-15/h5-6H,1-4,14H2. The molecular formula is C11H12BrFN2O. The third kappa shape index (κ3) is 2.04. The van der Waals surface area contributed by atoms with Crippen molar-refractivity contribution in [2.75, 3.05) is 18.8 Å². The van der Waals surface area contributed by atoms with Gasteiger partial charge in [-0.1, -0.05) is 0 Å². The lowest BCUT2D eigenvalue weighted by molar-refractivity contribution is 0.0792. The van der Waals surface area contributed by atoms with E-state index >= 15 is 0 Å². The number of amides is 1. The molecule has 1 aromatic carbocycles. The van der Waals surface area contributed by atoms with Gasteiger partial charge in [-0.05, 0) is 40.9 Å². The Bertz CT molecular complexity index is 430. The molecule has 0 atom stereocenters. The molecule has 1 amide bonds.